The fraction of sp³-hybridized carbons (Fsp3) is 0.188. The molecule has 0 aliphatic carbocycles. The predicted octanol–water partition coefficient (Wildman–Crippen LogP) is 3.07. The highest BCUT2D eigenvalue weighted by atomic mass is 19.1. The summed E-state index contributed by atoms with van der Waals surface area (Å²) < 4.78 is 23.4. The number of methoxy groups -OCH3 is 1. The highest BCUT2D eigenvalue weighted by Gasteiger charge is 2.17. The van der Waals surface area contributed by atoms with Crippen molar-refractivity contribution in [3.05, 3.63) is 57.9 Å². The highest BCUT2D eigenvalue weighted by Crippen LogP contribution is 2.28. The molecule has 0 aromatic heterocycles. The molecule has 0 aliphatic heterocycles. The molecule has 0 saturated heterocycles. The minimum atomic E-state index is -0.712. The van der Waals surface area contributed by atoms with Gasteiger partial charge in [0.05, 0.1) is 17.7 Å². The number of nitrogens with zero attached hydrogens (tertiary/aromatic N) is 1. The summed E-state index contributed by atoms with van der Waals surface area (Å²) in [7, 11) is 1.47. The van der Waals surface area contributed by atoms with Gasteiger partial charge >= 0.3 is 5.69 Å². The average molecular weight is 334 g/mol. The average Bonchev–Trinajstić information content (AvgIpc) is 2.53. The highest BCUT2D eigenvalue weighted by molar-refractivity contribution is 5.93. The van der Waals surface area contributed by atoms with E-state index in [9.17, 15) is 19.3 Å². The third kappa shape index (κ3) is 4.19. The van der Waals surface area contributed by atoms with Crippen LogP contribution in [0.4, 0.5) is 15.8 Å². The van der Waals surface area contributed by atoms with E-state index in [1.165, 1.54) is 7.11 Å². The molecule has 1 N–H and O–H groups in total. The van der Waals surface area contributed by atoms with E-state index in [1.54, 1.807) is 12.1 Å². The second kappa shape index (κ2) is 7.40. The molecule has 0 bridgehead atoms. The van der Waals surface area contributed by atoms with Crippen LogP contribution in [0, 0.1) is 22.9 Å². The van der Waals surface area contributed by atoms with E-state index in [0.29, 0.717) is 11.4 Å². The van der Waals surface area contributed by atoms with E-state index in [0.717, 1.165) is 23.8 Å². The van der Waals surface area contributed by atoms with Gasteiger partial charge in [0.25, 0.3) is 5.91 Å². The number of hydrogen-bond acceptors (Lipinski definition) is 5. The SMILES string of the molecule is COc1ccc(C)cc1NC(=O)COc1cc(F)ccc1[N+](=O)[O-]. The van der Waals surface area contributed by atoms with Gasteiger partial charge in [-0.25, -0.2) is 4.39 Å². The maximum Gasteiger partial charge on any atom is 0.311 e. The number of carbonyl (C=O) groups excluding carboxylic acids is 1. The summed E-state index contributed by atoms with van der Waals surface area (Å²) in [6, 6.07) is 8.01. The maximum absolute atomic E-state index is 13.2. The van der Waals surface area contributed by atoms with Gasteiger partial charge in [0.2, 0.25) is 5.75 Å². The largest absolute Gasteiger partial charge is 0.495 e. The Bertz CT molecular complexity index is 779. The van der Waals surface area contributed by atoms with E-state index in [1.807, 2.05) is 13.0 Å². The Kier molecular flexibility index (Phi) is 5.31. The lowest BCUT2D eigenvalue weighted by molar-refractivity contribution is -0.385. The van der Waals surface area contributed by atoms with Gasteiger partial charge < -0.3 is 14.8 Å². The minimum absolute atomic E-state index is 0.314. The van der Waals surface area contributed by atoms with E-state index in [4.69, 9.17) is 9.47 Å². The zero-order valence-corrected chi connectivity index (χ0v) is 13.0. The van der Waals surface area contributed by atoms with Gasteiger partial charge in [-0.05, 0) is 30.7 Å². The van der Waals surface area contributed by atoms with Gasteiger partial charge in [-0.15, -0.1) is 0 Å². The molecule has 0 heterocycles. The van der Waals surface area contributed by atoms with Crippen molar-refractivity contribution in [3.8, 4) is 11.5 Å². The number of amides is 1. The van der Waals surface area contributed by atoms with Crippen LogP contribution in [0.3, 0.4) is 0 Å². The van der Waals surface area contributed by atoms with Crippen molar-refractivity contribution in [2.45, 2.75) is 6.92 Å². The molecule has 7 nitrogen and oxygen atoms in total. The van der Waals surface area contributed by atoms with Crippen molar-refractivity contribution in [2.24, 2.45) is 0 Å². The van der Waals surface area contributed by atoms with Gasteiger partial charge in [-0.3, -0.25) is 14.9 Å². The van der Waals surface area contributed by atoms with E-state index in [2.05, 4.69) is 5.32 Å². The third-order valence-corrected chi connectivity index (χ3v) is 3.11. The fourth-order valence-electron chi connectivity index (χ4n) is 2.00. The molecule has 8 heteroatoms. The molecule has 126 valence electrons. The van der Waals surface area contributed by atoms with E-state index < -0.39 is 28.9 Å². The lowest BCUT2D eigenvalue weighted by atomic mass is 10.2. The summed E-state index contributed by atoms with van der Waals surface area (Å²) in [4.78, 5) is 22.1. The Morgan fingerprint density at radius 2 is 2.00 bits per heavy atom. The fourth-order valence-corrected chi connectivity index (χ4v) is 2.00. The predicted molar refractivity (Wildman–Crippen MR) is 84.9 cm³/mol. The molecule has 0 aliphatic rings. The summed E-state index contributed by atoms with van der Waals surface area (Å²) in [5, 5.41) is 13.5. The molecule has 2 rings (SSSR count). The van der Waals surface area contributed by atoms with Crippen LogP contribution in [0.25, 0.3) is 0 Å². The Balaban J connectivity index is 2.08. The summed E-state index contributed by atoms with van der Waals surface area (Å²) >= 11 is 0. The molecule has 0 atom stereocenters. The third-order valence-electron chi connectivity index (χ3n) is 3.11. The Morgan fingerprint density at radius 3 is 2.67 bits per heavy atom. The summed E-state index contributed by atoms with van der Waals surface area (Å²) in [5.74, 6) is -1.11. The maximum atomic E-state index is 13.2. The lowest BCUT2D eigenvalue weighted by Gasteiger charge is -2.11. The molecular formula is C16H15FN2O5. The molecule has 0 saturated carbocycles. The van der Waals surface area contributed by atoms with Gasteiger partial charge in [0.1, 0.15) is 11.6 Å². The van der Waals surface area contributed by atoms with Gasteiger partial charge in [0, 0.05) is 12.1 Å². The molecule has 2 aromatic carbocycles. The van der Waals surface area contributed by atoms with E-state index in [-0.39, 0.29) is 5.75 Å². The molecule has 0 spiro atoms. The molecule has 2 aromatic rings. The van der Waals surface area contributed by atoms with Crippen LogP contribution in [0.15, 0.2) is 36.4 Å². The van der Waals surface area contributed by atoms with Crippen LogP contribution < -0.4 is 14.8 Å². The number of benzene rings is 2. The smallest absolute Gasteiger partial charge is 0.311 e. The minimum Gasteiger partial charge on any atom is -0.495 e. The number of hydrogen-bond donors (Lipinski definition) is 1. The zero-order chi connectivity index (χ0) is 17.7. The Labute approximate surface area is 137 Å². The van der Waals surface area contributed by atoms with Crippen LogP contribution in [0.1, 0.15) is 5.56 Å². The number of nitro benzene ring substituents is 1. The van der Waals surface area contributed by atoms with Crippen molar-refractivity contribution in [1.82, 2.24) is 0 Å². The molecule has 0 unspecified atom stereocenters. The normalized spacial score (nSPS) is 10.1. The van der Waals surface area contributed by atoms with Gasteiger partial charge in [-0.1, -0.05) is 6.07 Å². The first-order valence-corrected chi connectivity index (χ1v) is 6.92. The van der Waals surface area contributed by atoms with Gasteiger partial charge in [0.15, 0.2) is 6.61 Å². The summed E-state index contributed by atoms with van der Waals surface area (Å²) in [5.41, 5.74) is 0.935. The molecule has 0 fully saturated rings. The van der Waals surface area contributed by atoms with Crippen molar-refractivity contribution in [1.29, 1.82) is 0 Å². The molecule has 24 heavy (non-hydrogen) atoms. The zero-order valence-electron chi connectivity index (χ0n) is 13.0. The molecule has 1 amide bonds. The molecular weight excluding hydrogens is 319 g/mol. The number of anilines is 1. The Hall–Kier alpha value is -3.16. The quantitative estimate of drug-likeness (QED) is 0.647. The van der Waals surface area contributed by atoms with E-state index >= 15 is 0 Å². The number of rotatable bonds is 6. The number of halogens is 1. The first kappa shape index (κ1) is 17.2. The van der Waals surface area contributed by atoms with Crippen molar-refractivity contribution < 1.29 is 23.6 Å². The second-order valence-corrected chi connectivity index (χ2v) is 4.91. The number of nitro groups is 1. The topological polar surface area (TPSA) is 90.7 Å². The first-order valence-electron chi connectivity index (χ1n) is 6.92. The number of carbonyl (C=O) groups is 1. The lowest BCUT2D eigenvalue weighted by Crippen LogP contribution is -2.21. The second-order valence-electron chi connectivity index (χ2n) is 4.91. The standard InChI is InChI=1S/C16H15FN2O5/c1-10-3-6-14(23-2)12(7-10)18-16(20)9-24-15-8-11(17)4-5-13(15)19(21)22/h3-8H,9H2,1-2H3,(H,18,20). The van der Waals surface area contributed by atoms with Crippen molar-refractivity contribution >= 4 is 17.3 Å². The van der Waals surface area contributed by atoms with Crippen molar-refractivity contribution in [3.63, 3.8) is 0 Å². The molecule has 0 radical (unpaired) electrons. The first-order chi connectivity index (χ1) is 11.4. The van der Waals surface area contributed by atoms with Gasteiger partial charge in [-0.2, -0.15) is 0 Å². The number of ether oxygens (including phenoxy) is 2. The van der Waals surface area contributed by atoms with Crippen LogP contribution in [-0.4, -0.2) is 24.5 Å². The summed E-state index contributed by atoms with van der Waals surface area (Å²) in [6.45, 7) is 1.34. The van der Waals surface area contributed by atoms with Crippen molar-refractivity contribution in [2.75, 3.05) is 19.0 Å². The van der Waals surface area contributed by atoms with Crippen LogP contribution >= 0.6 is 0 Å². The monoisotopic (exact) mass is 334 g/mol. The van der Waals surface area contributed by atoms with Crippen LogP contribution in [0.5, 0.6) is 11.5 Å². The number of aryl methyl sites for hydroxylation is 1. The summed E-state index contributed by atoms with van der Waals surface area (Å²) in [6.07, 6.45) is 0. The Morgan fingerprint density at radius 1 is 1.25 bits per heavy atom. The van der Waals surface area contributed by atoms with Crippen LogP contribution in [-0.2, 0) is 4.79 Å². The number of nitrogens with one attached hydrogen (secondary N) is 1. The van der Waals surface area contributed by atoms with Crippen LogP contribution in [0.2, 0.25) is 0 Å².